The molecule has 19 heavy (non-hydrogen) atoms. The van der Waals surface area contributed by atoms with Crippen LogP contribution >= 0.6 is 0 Å². The molecule has 4 nitrogen and oxygen atoms in total. The lowest BCUT2D eigenvalue weighted by molar-refractivity contribution is 0.283. The number of nitrogens with zero attached hydrogens (tertiary/aromatic N) is 2. The van der Waals surface area contributed by atoms with Crippen LogP contribution in [0, 0.1) is 22.2 Å². The minimum Gasteiger partial charge on any atom is -0.321 e. The highest BCUT2D eigenvalue weighted by Gasteiger charge is 2.52. The lowest BCUT2D eigenvalue weighted by Gasteiger charge is -2.42. The van der Waals surface area contributed by atoms with Crippen LogP contribution in [-0.2, 0) is 0 Å². The number of nitriles is 1. The molecule has 3 aliphatic rings. The van der Waals surface area contributed by atoms with E-state index in [2.05, 4.69) is 11.2 Å². The molecule has 0 aromatic rings. The van der Waals surface area contributed by atoms with Gasteiger partial charge in [-0.15, -0.1) is 4.91 Å². The Kier molecular flexibility index (Phi) is 2.83. The van der Waals surface area contributed by atoms with E-state index in [0.29, 0.717) is 6.42 Å². The zero-order valence-corrected chi connectivity index (χ0v) is 11.1. The van der Waals surface area contributed by atoms with Crippen LogP contribution in [0.5, 0.6) is 0 Å². The smallest absolute Gasteiger partial charge is 0.213 e. The van der Waals surface area contributed by atoms with Gasteiger partial charge in [-0.3, -0.25) is 0 Å². The Morgan fingerprint density at radius 3 is 3.00 bits per heavy atom. The number of nitrogens with two attached hydrogens (primary N) is 1. The van der Waals surface area contributed by atoms with E-state index in [1.54, 1.807) is 0 Å². The third-order valence-electron chi connectivity index (χ3n) is 5.16. The molecular weight excluding hydrogens is 238 g/mol. The molecule has 0 amide bonds. The second-order valence-electron chi connectivity index (χ2n) is 6.03. The third kappa shape index (κ3) is 1.61. The van der Waals surface area contributed by atoms with Gasteiger partial charge in [0.15, 0.2) is 0 Å². The molecule has 0 aliphatic heterocycles. The molecule has 3 rings (SSSR count). The first-order valence-electron chi connectivity index (χ1n) is 7.11. The predicted molar refractivity (Wildman–Crippen MR) is 73.0 cm³/mol. The first-order chi connectivity index (χ1) is 9.16. The molecular formula is C15H19N3O. The van der Waals surface area contributed by atoms with Gasteiger partial charge in [0.05, 0.1) is 0 Å². The largest absolute Gasteiger partial charge is 0.321 e. The number of hydrogen-bond donors (Lipinski definition) is 1. The van der Waals surface area contributed by atoms with E-state index >= 15 is 0 Å². The summed E-state index contributed by atoms with van der Waals surface area (Å²) in [5.74, 6) is 0.124. The van der Waals surface area contributed by atoms with Gasteiger partial charge in [-0.2, -0.15) is 5.26 Å². The van der Waals surface area contributed by atoms with Gasteiger partial charge < -0.3 is 5.73 Å². The van der Waals surface area contributed by atoms with Crippen molar-refractivity contribution in [3.63, 3.8) is 0 Å². The van der Waals surface area contributed by atoms with Gasteiger partial charge in [-0.05, 0) is 42.9 Å². The van der Waals surface area contributed by atoms with Crippen LogP contribution in [0.1, 0.15) is 44.9 Å². The maximum Gasteiger partial charge on any atom is 0.213 e. The maximum atomic E-state index is 11.3. The maximum absolute atomic E-state index is 11.3. The molecule has 3 atom stereocenters. The van der Waals surface area contributed by atoms with Gasteiger partial charge in [0.25, 0.3) is 0 Å². The summed E-state index contributed by atoms with van der Waals surface area (Å²) < 4.78 is 0. The van der Waals surface area contributed by atoms with E-state index in [1.807, 2.05) is 12.2 Å². The van der Waals surface area contributed by atoms with E-state index in [9.17, 15) is 10.2 Å². The summed E-state index contributed by atoms with van der Waals surface area (Å²) in [6, 6.07) is 2.16. The zero-order chi connectivity index (χ0) is 13.5. The van der Waals surface area contributed by atoms with Gasteiger partial charge >= 0.3 is 0 Å². The number of hydrogen-bond acceptors (Lipinski definition) is 4. The molecule has 0 saturated heterocycles. The SMILES string of the molecule is N#CC1(N=O)CC=C2CCCC[C@]2(N)C2CCC=C21. The molecule has 0 radical (unpaired) electrons. The van der Waals surface area contributed by atoms with Crippen molar-refractivity contribution in [2.24, 2.45) is 16.8 Å². The molecule has 0 spiro atoms. The summed E-state index contributed by atoms with van der Waals surface area (Å²) in [6.45, 7) is 0. The predicted octanol–water partition coefficient (Wildman–Crippen LogP) is 2.95. The molecule has 0 bridgehead atoms. The number of rotatable bonds is 1. The molecule has 1 fully saturated rings. The molecule has 2 unspecified atom stereocenters. The molecule has 0 aromatic heterocycles. The van der Waals surface area contributed by atoms with Gasteiger partial charge in [0.2, 0.25) is 5.54 Å². The Hall–Kier alpha value is -1.47. The van der Waals surface area contributed by atoms with Crippen molar-refractivity contribution in [1.82, 2.24) is 0 Å². The Morgan fingerprint density at radius 2 is 2.26 bits per heavy atom. The van der Waals surface area contributed by atoms with Crippen LogP contribution in [0.25, 0.3) is 0 Å². The lowest BCUT2D eigenvalue weighted by atomic mass is 9.67. The topological polar surface area (TPSA) is 79.2 Å². The van der Waals surface area contributed by atoms with Gasteiger partial charge in [-0.25, -0.2) is 0 Å². The quantitative estimate of drug-likeness (QED) is 0.579. The summed E-state index contributed by atoms with van der Waals surface area (Å²) in [7, 11) is 0. The fraction of sp³-hybridized carbons (Fsp3) is 0.667. The average molecular weight is 257 g/mol. The first kappa shape index (κ1) is 12.6. The second kappa shape index (κ2) is 4.28. The fourth-order valence-corrected chi connectivity index (χ4v) is 4.12. The standard InChI is InChI=1S/C15H19N3O/c16-10-14(18-19)9-7-11-4-1-2-8-15(11,17)13-6-3-5-12(13)14/h5,7,13H,1-4,6,8-9,17H2/t13?,14?,15-/m1/s1. The summed E-state index contributed by atoms with van der Waals surface area (Å²) in [5.41, 5.74) is 7.30. The first-order valence-corrected chi connectivity index (χ1v) is 7.11. The Morgan fingerprint density at radius 1 is 1.42 bits per heavy atom. The second-order valence-corrected chi connectivity index (χ2v) is 6.03. The van der Waals surface area contributed by atoms with Gasteiger partial charge in [-0.1, -0.05) is 24.1 Å². The molecule has 2 N–H and O–H groups in total. The molecule has 0 aromatic carbocycles. The van der Waals surface area contributed by atoms with Crippen molar-refractivity contribution in [2.75, 3.05) is 0 Å². The van der Waals surface area contributed by atoms with Crippen LogP contribution in [-0.4, -0.2) is 11.1 Å². The molecule has 0 heterocycles. The summed E-state index contributed by atoms with van der Waals surface area (Å²) >= 11 is 0. The summed E-state index contributed by atoms with van der Waals surface area (Å²) in [4.78, 5) is 11.3. The van der Waals surface area contributed by atoms with Gasteiger partial charge in [0.1, 0.15) is 6.07 Å². The summed E-state index contributed by atoms with van der Waals surface area (Å²) in [5, 5.41) is 12.7. The Balaban J connectivity index is 2.13. The number of fused-ring (bicyclic) bond motifs is 3. The van der Waals surface area contributed by atoms with Crippen LogP contribution in [0.2, 0.25) is 0 Å². The molecule has 1 saturated carbocycles. The van der Waals surface area contributed by atoms with Crippen molar-refractivity contribution in [3.05, 3.63) is 28.2 Å². The van der Waals surface area contributed by atoms with Crippen LogP contribution in [0.15, 0.2) is 28.5 Å². The highest BCUT2D eigenvalue weighted by atomic mass is 16.3. The monoisotopic (exact) mass is 257 g/mol. The lowest BCUT2D eigenvalue weighted by Crippen LogP contribution is -2.51. The Labute approximate surface area is 113 Å². The minimum atomic E-state index is -1.21. The normalized spacial score (nSPS) is 41.2. The van der Waals surface area contributed by atoms with Crippen molar-refractivity contribution >= 4 is 0 Å². The Bertz CT molecular complexity index is 516. The minimum absolute atomic E-state index is 0.124. The van der Waals surface area contributed by atoms with E-state index in [0.717, 1.165) is 44.1 Å². The van der Waals surface area contributed by atoms with Crippen LogP contribution in [0.4, 0.5) is 0 Å². The number of nitroso groups, excluding NO2 is 1. The zero-order valence-electron chi connectivity index (χ0n) is 11.1. The van der Waals surface area contributed by atoms with Crippen molar-refractivity contribution in [1.29, 1.82) is 5.26 Å². The van der Waals surface area contributed by atoms with Crippen LogP contribution in [0.3, 0.4) is 0 Å². The number of allylic oxidation sites excluding steroid dienone is 1. The highest BCUT2D eigenvalue weighted by Crippen LogP contribution is 2.51. The van der Waals surface area contributed by atoms with Crippen molar-refractivity contribution in [2.45, 2.75) is 56.0 Å². The van der Waals surface area contributed by atoms with Gasteiger partial charge in [0, 0.05) is 17.9 Å². The molecule has 100 valence electrons. The highest BCUT2D eigenvalue weighted by molar-refractivity contribution is 5.45. The van der Waals surface area contributed by atoms with E-state index in [-0.39, 0.29) is 11.5 Å². The third-order valence-corrected chi connectivity index (χ3v) is 5.16. The molecule has 4 heteroatoms. The van der Waals surface area contributed by atoms with E-state index in [4.69, 9.17) is 5.73 Å². The molecule has 3 aliphatic carbocycles. The summed E-state index contributed by atoms with van der Waals surface area (Å²) in [6.07, 6.45) is 10.6. The fourth-order valence-electron chi connectivity index (χ4n) is 4.12. The van der Waals surface area contributed by atoms with Crippen molar-refractivity contribution < 1.29 is 0 Å². The van der Waals surface area contributed by atoms with Crippen molar-refractivity contribution in [3.8, 4) is 6.07 Å². The van der Waals surface area contributed by atoms with Crippen LogP contribution < -0.4 is 5.73 Å². The average Bonchev–Trinajstić information content (AvgIpc) is 2.90. The van der Waals surface area contributed by atoms with E-state index < -0.39 is 5.54 Å². The van der Waals surface area contributed by atoms with E-state index in [1.165, 1.54) is 5.57 Å².